The number of nitriles is 1. The largest absolute Gasteiger partial charge is 0.302 e. The molecule has 0 spiro atoms. The van der Waals surface area contributed by atoms with Gasteiger partial charge in [0.2, 0.25) is 0 Å². The summed E-state index contributed by atoms with van der Waals surface area (Å²) in [5.74, 6) is 0. The van der Waals surface area contributed by atoms with E-state index in [0.29, 0.717) is 6.04 Å². The second-order valence-electron chi connectivity index (χ2n) is 4.69. The average molecular weight is 218 g/mol. The number of nitrogens with zero attached hydrogens (tertiary/aromatic N) is 3. The number of hydrogen-bond acceptors (Lipinski definition) is 3. The topological polar surface area (TPSA) is 53.6 Å². The van der Waals surface area contributed by atoms with Gasteiger partial charge in [-0.05, 0) is 38.8 Å². The van der Waals surface area contributed by atoms with Crippen LogP contribution in [0.1, 0.15) is 37.3 Å². The summed E-state index contributed by atoms with van der Waals surface area (Å²) in [5, 5.41) is 16.8. The minimum Gasteiger partial charge on any atom is -0.302 e. The Morgan fingerprint density at radius 1 is 1.69 bits per heavy atom. The van der Waals surface area contributed by atoms with Crippen LogP contribution in [0.3, 0.4) is 0 Å². The number of rotatable bonds is 2. The number of hydrogen-bond donors (Lipinski definition) is 1. The normalized spacial score (nSPS) is 29.9. The van der Waals surface area contributed by atoms with E-state index in [2.05, 4.69) is 22.7 Å². The molecule has 86 valence electrons. The Morgan fingerprint density at radius 3 is 3.06 bits per heavy atom. The third kappa shape index (κ3) is 1.96. The van der Waals surface area contributed by atoms with Crippen molar-refractivity contribution < 1.29 is 0 Å². The first-order valence-electron chi connectivity index (χ1n) is 5.80. The Morgan fingerprint density at radius 2 is 2.50 bits per heavy atom. The van der Waals surface area contributed by atoms with Gasteiger partial charge in [0.1, 0.15) is 5.54 Å². The molecule has 1 saturated carbocycles. The van der Waals surface area contributed by atoms with Gasteiger partial charge in [0, 0.05) is 12.6 Å². The van der Waals surface area contributed by atoms with Gasteiger partial charge in [-0.2, -0.15) is 10.4 Å². The molecule has 0 aliphatic heterocycles. The van der Waals surface area contributed by atoms with E-state index in [1.807, 2.05) is 24.9 Å². The van der Waals surface area contributed by atoms with Crippen LogP contribution in [0.4, 0.5) is 0 Å². The summed E-state index contributed by atoms with van der Waals surface area (Å²) in [7, 11) is 1.87. The smallest absolute Gasteiger partial charge is 0.108 e. The molecule has 0 bridgehead atoms. The minimum atomic E-state index is -0.358. The molecule has 2 atom stereocenters. The van der Waals surface area contributed by atoms with Crippen molar-refractivity contribution >= 4 is 0 Å². The molecule has 0 saturated heterocycles. The molecule has 2 unspecified atom stereocenters. The van der Waals surface area contributed by atoms with Crippen molar-refractivity contribution in [3.05, 3.63) is 18.0 Å². The van der Waals surface area contributed by atoms with Crippen LogP contribution in [-0.4, -0.2) is 22.4 Å². The highest BCUT2D eigenvalue weighted by molar-refractivity contribution is 5.11. The number of aryl methyl sites for hydroxylation is 1. The van der Waals surface area contributed by atoms with E-state index < -0.39 is 0 Å². The van der Waals surface area contributed by atoms with Crippen LogP contribution in [0.2, 0.25) is 0 Å². The fourth-order valence-corrected chi connectivity index (χ4v) is 2.49. The van der Waals surface area contributed by atoms with Crippen molar-refractivity contribution in [2.75, 3.05) is 7.05 Å². The van der Waals surface area contributed by atoms with Crippen LogP contribution in [0.5, 0.6) is 0 Å². The van der Waals surface area contributed by atoms with E-state index in [-0.39, 0.29) is 5.54 Å². The lowest BCUT2D eigenvalue weighted by molar-refractivity contribution is 0.230. The van der Waals surface area contributed by atoms with E-state index in [9.17, 15) is 5.26 Å². The zero-order valence-electron chi connectivity index (χ0n) is 9.90. The monoisotopic (exact) mass is 218 g/mol. The fraction of sp³-hybridized carbons (Fsp3) is 0.667. The molecule has 1 aliphatic carbocycles. The van der Waals surface area contributed by atoms with Gasteiger partial charge in [-0.3, -0.25) is 4.68 Å². The Bertz CT molecular complexity index is 403. The van der Waals surface area contributed by atoms with Gasteiger partial charge >= 0.3 is 0 Å². The third-order valence-corrected chi connectivity index (χ3v) is 3.52. The van der Waals surface area contributed by atoms with Crippen LogP contribution in [0.15, 0.2) is 12.4 Å². The zero-order valence-corrected chi connectivity index (χ0v) is 9.90. The molecule has 1 fully saturated rings. The van der Waals surface area contributed by atoms with Crippen LogP contribution >= 0.6 is 0 Å². The van der Waals surface area contributed by atoms with Crippen molar-refractivity contribution in [1.29, 1.82) is 5.26 Å². The lowest BCUT2D eigenvalue weighted by Crippen LogP contribution is -2.46. The minimum absolute atomic E-state index is 0.356. The van der Waals surface area contributed by atoms with Crippen LogP contribution in [-0.2, 0) is 0 Å². The van der Waals surface area contributed by atoms with E-state index in [4.69, 9.17) is 0 Å². The molecule has 1 aromatic rings. The highest BCUT2D eigenvalue weighted by Crippen LogP contribution is 2.34. The molecule has 1 aromatic heterocycles. The predicted molar refractivity (Wildman–Crippen MR) is 61.9 cm³/mol. The Labute approximate surface area is 96.3 Å². The van der Waals surface area contributed by atoms with E-state index in [1.165, 1.54) is 5.56 Å². The second-order valence-corrected chi connectivity index (χ2v) is 4.69. The number of aromatic nitrogens is 2. The summed E-state index contributed by atoms with van der Waals surface area (Å²) in [5.41, 5.74) is 0.820. The quantitative estimate of drug-likeness (QED) is 0.823. The second kappa shape index (κ2) is 4.26. The summed E-state index contributed by atoms with van der Waals surface area (Å²) >= 11 is 0. The SMILES string of the molecule is CNC1(C#N)CCCC(n2cc(C)cn2)C1. The lowest BCUT2D eigenvalue weighted by atomic mass is 9.80. The third-order valence-electron chi connectivity index (χ3n) is 3.52. The lowest BCUT2D eigenvalue weighted by Gasteiger charge is -2.35. The Balaban J connectivity index is 2.16. The maximum Gasteiger partial charge on any atom is 0.108 e. The van der Waals surface area contributed by atoms with Gasteiger partial charge in [-0.15, -0.1) is 0 Å². The summed E-state index contributed by atoms with van der Waals surface area (Å²) in [6.07, 6.45) is 7.93. The molecular formula is C12H18N4. The van der Waals surface area contributed by atoms with E-state index in [1.54, 1.807) is 0 Å². The summed E-state index contributed by atoms with van der Waals surface area (Å²) < 4.78 is 2.01. The maximum atomic E-state index is 9.27. The summed E-state index contributed by atoms with van der Waals surface area (Å²) in [6, 6.07) is 2.78. The van der Waals surface area contributed by atoms with Gasteiger partial charge in [-0.25, -0.2) is 0 Å². The predicted octanol–water partition coefficient (Wildman–Crippen LogP) is 1.79. The van der Waals surface area contributed by atoms with Gasteiger partial charge < -0.3 is 5.32 Å². The van der Waals surface area contributed by atoms with Crippen molar-refractivity contribution in [3.8, 4) is 6.07 Å². The summed E-state index contributed by atoms with van der Waals surface area (Å²) in [4.78, 5) is 0. The maximum absolute atomic E-state index is 9.27. The highest BCUT2D eigenvalue weighted by atomic mass is 15.3. The van der Waals surface area contributed by atoms with E-state index in [0.717, 1.165) is 25.7 Å². The molecule has 0 radical (unpaired) electrons. The molecule has 4 heteroatoms. The molecule has 4 nitrogen and oxygen atoms in total. The van der Waals surface area contributed by atoms with Crippen molar-refractivity contribution in [1.82, 2.24) is 15.1 Å². The van der Waals surface area contributed by atoms with Gasteiger partial charge in [0.15, 0.2) is 0 Å². The number of nitrogens with one attached hydrogen (secondary N) is 1. The Hall–Kier alpha value is -1.34. The fourth-order valence-electron chi connectivity index (χ4n) is 2.49. The molecule has 1 heterocycles. The first-order valence-corrected chi connectivity index (χ1v) is 5.80. The van der Waals surface area contributed by atoms with Gasteiger partial charge in [0.05, 0.1) is 18.3 Å². The molecule has 0 aromatic carbocycles. The van der Waals surface area contributed by atoms with Crippen LogP contribution < -0.4 is 5.32 Å². The molecule has 0 amide bonds. The average Bonchev–Trinajstić information content (AvgIpc) is 2.76. The van der Waals surface area contributed by atoms with Crippen molar-refractivity contribution in [2.45, 2.75) is 44.2 Å². The van der Waals surface area contributed by atoms with Crippen LogP contribution in [0.25, 0.3) is 0 Å². The van der Waals surface area contributed by atoms with Crippen molar-refractivity contribution in [3.63, 3.8) is 0 Å². The molecule has 2 rings (SSSR count). The Kier molecular flexibility index (Phi) is 2.97. The molecular weight excluding hydrogens is 200 g/mol. The first-order chi connectivity index (χ1) is 7.69. The van der Waals surface area contributed by atoms with Gasteiger partial charge in [0.25, 0.3) is 0 Å². The van der Waals surface area contributed by atoms with Gasteiger partial charge in [-0.1, -0.05) is 0 Å². The van der Waals surface area contributed by atoms with Crippen molar-refractivity contribution in [2.24, 2.45) is 0 Å². The highest BCUT2D eigenvalue weighted by Gasteiger charge is 2.36. The van der Waals surface area contributed by atoms with E-state index >= 15 is 0 Å². The molecule has 1 aliphatic rings. The molecule has 1 N–H and O–H groups in total. The zero-order chi connectivity index (χ0) is 11.6. The standard InChI is InChI=1S/C12H18N4/c1-10-7-15-16(8-10)11-4-3-5-12(6-11,9-13)14-2/h7-8,11,14H,3-6H2,1-2H3. The molecule has 16 heavy (non-hydrogen) atoms. The summed E-state index contributed by atoms with van der Waals surface area (Å²) in [6.45, 7) is 2.04. The van der Waals surface area contributed by atoms with Crippen LogP contribution in [0, 0.1) is 18.3 Å². The first kappa shape index (κ1) is 11.2.